The van der Waals surface area contributed by atoms with Crippen molar-refractivity contribution < 1.29 is 9.90 Å². The van der Waals surface area contributed by atoms with Crippen molar-refractivity contribution in [3.63, 3.8) is 0 Å². The van der Waals surface area contributed by atoms with Crippen LogP contribution in [0.5, 0.6) is 0 Å². The van der Waals surface area contributed by atoms with E-state index >= 15 is 0 Å². The Labute approximate surface area is 114 Å². The first-order chi connectivity index (χ1) is 8.59. The topological polar surface area (TPSA) is 55.1 Å². The highest BCUT2D eigenvalue weighted by molar-refractivity contribution is 7.99. The van der Waals surface area contributed by atoms with Crippen LogP contribution in [0.3, 0.4) is 0 Å². The summed E-state index contributed by atoms with van der Waals surface area (Å²) in [5, 5.41) is 10.0. The third-order valence-electron chi connectivity index (χ3n) is 2.43. The summed E-state index contributed by atoms with van der Waals surface area (Å²) in [4.78, 5) is 14.7. The second-order valence-corrected chi connectivity index (χ2v) is 5.00. The second-order valence-electron chi connectivity index (χ2n) is 3.65. The molecule has 6 heteroatoms. The molecule has 2 aromatic rings. The monoisotopic (exact) mass is 282 g/mol. The summed E-state index contributed by atoms with van der Waals surface area (Å²) in [5.74, 6) is -0.881. The summed E-state index contributed by atoms with van der Waals surface area (Å²) < 4.78 is 1.84. The highest BCUT2D eigenvalue weighted by Crippen LogP contribution is 2.26. The van der Waals surface area contributed by atoms with Crippen LogP contribution >= 0.6 is 23.4 Å². The number of carboxylic acid groups (broad SMARTS) is 1. The van der Waals surface area contributed by atoms with E-state index in [2.05, 4.69) is 4.98 Å². The van der Waals surface area contributed by atoms with E-state index in [-0.39, 0.29) is 5.75 Å². The Balaban J connectivity index is 2.36. The van der Waals surface area contributed by atoms with Crippen LogP contribution in [0.2, 0.25) is 5.02 Å². The van der Waals surface area contributed by atoms with Gasteiger partial charge in [0.25, 0.3) is 0 Å². The average molecular weight is 283 g/mol. The van der Waals surface area contributed by atoms with Crippen LogP contribution in [-0.4, -0.2) is 26.4 Å². The molecular formula is C12H11ClN2O2S. The molecule has 0 bridgehead atoms. The van der Waals surface area contributed by atoms with Gasteiger partial charge in [0.2, 0.25) is 0 Å². The standard InChI is InChI=1S/C12H11ClN2O2S/c1-8-9(13)3-2-4-10(8)15-6-5-14-12(15)18-7-11(16)17/h2-6H,7H2,1H3,(H,16,17). The molecule has 1 heterocycles. The maximum Gasteiger partial charge on any atom is 0.313 e. The molecule has 2 rings (SSSR count). The predicted molar refractivity (Wildman–Crippen MR) is 71.7 cm³/mol. The number of aromatic nitrogens is 2. The number of thioether (sulfide) groups is 1. The third kappa shape index (κ3) is 2.68. The molecular weight excluding hydrogens is 272 g/mol. The number of carboxylic acids is 1. The van der Waals surface area contributed by atoms with Crippen LogP contribution in [0, 0.1) is 6.92 Å². The molecule has 0 aliphatic carbocycles. The minimum Gasteiger partial charge on any atom is -0.481 e. The molecule has 4 nitrogen and oxygen atoms in total. The lowest BCUT2D eigenvalue weighted by molar-refractivity contribution is -0.133. The SMILES string of the molecule is Cc1c(Cl)cccc1-n1ccnc1SCC(=O)O. The summed E-state index contributed by atoms with van der Waals surface area (Å²) in [6, 6.07) is 5.60. The van der Waals surface area contributed by atoms with Gasteiger partial charge in [-0.05, 0) is 24.6 Å². The highest BCUT2D eigenvalue weighted by Gasteiger charge is 2.10. The molecule has 0 spiro atoms. The quantitative estimate of drug-likeness (QED) is 0.876. The molecule has 1 aromatic heterocycles. The Morgan fingerprint density at radius 1 is 1.56 bits per heavy atom. The van der Waals surface area contributed by atoms with E-state index in [9.17, 15) is 4.79 Å². The number of halogens is 1. The summed E-state index contributed by atoms with van der Waals surface area (Å²) in [7, 11) is 0. The summed E-state index contributed by atoms with van der Waals surface area (Å²) in [6.45, 7) is 1.92. The fourth-order valence-corrected chi connectivity index (χ4v) is 2.42. The largest absolute Gasteiger partial charge is 0.481 e. The number of imidazole rings is 1. The molecule has 0 amide bonds. The third-order valence-corrected chi connectivity index (χ3v) is 3.79. The molecule has 0 unspecified atom stereocenters. The van der Waals surface area contributed by atoms with Crippen molar-refractivity contribution in [2.75, 3.05) is 5.75 Å². The first-order valence-electron chi connectivity index (χ1n) is 5.23. The molecule has 0 saturated carbocycles. The molecule has 0 aliphatic heterocycles. The van der Waals surface area contributed by atoms with Crippen molar-refractivity contribution in [1.29, 1.82) is 0 Å². The summed E-state index contributed by atoms with van der Waals surface area (Å²) in [6.07, 6.45) is 3.44. The van der Waals surface area contributed by atoms with Crippen molar-refractivity contribution in [3.8, 4) is 5.69 Å². The van der Waals surface area contributed by atoms with Gasteiger partial charge in [-0.2, -0.15) is 0 Å². The van der Waals surface area contributed by atoms with E-state index in [1.165, 1.54) is 11.8 Å². The number of carbonyl (C=O) groups is 1. The van der Waals surface area contributed by atoms with Crippen LogP contribution in [0.1, 0.15) is 5.56 Å². The van der Waals surface area contributed by atoms with Gasteiger partial charge in [0.15, 0.2) is 5.16 Å². The Morgan fingerprint density at radius 2 is 2.33 bits per heavy atom. The molecule has 1 N–H and O–H groups in total. The molecule has 1 aromatic carbocycles. The number of hydrogen-bond acceptors (Lipinski definition) is 3. The number of rotatable bonds is 4. The van der Waals surface area contributed by atoms with E-state index in [0.29, 0.717) is 10.2 Å². The fraction of sp³-hybridized carbons (Fsp3) is 0.167. The van der Waals surface area contributed by atoms with E-state index in [1.54, 1.807) is 12.4 Å². The van der Waals surface area contributed by atoms with Crippen LogP contribution < -0.4 is 0 Å². The molecule has 0 radical (unpaired) electrons. The van der Waals surface area contributed by atoms with Crippen molar-refractivity contribution in [3.05, 3.63) is 41.2 Å². The minimum absolute atomic E-state index is 0.0172. The zero-order chi connectivity index (χ0) is 13.1. The summed E-state index contributed by atoms with van der Waals surface area (Å²) >= 11 is 7.26. The van der Waals surface area contributed by atoms with E-state index in [0.717, 1.165) is 11.3 Å². The average Bonchev–Trinajstić information content (AvgIpc) is 2.78. The Morgan fingerprint density at radius 3 is 3.06 bits per heavy atom. The number of hydrogen-bond donors (Lipinski definition) is 1. The van der Waals surface area contributed by atoms with Crippen LogP contribution in [0.25, 0.3) is 5.69 Å². The minimum atomic E-state index is -0.864. The maximum atomic E-state index is 10.6. The molecule has 94 valence electrons. The maximum absolute atomic E-state index is 10.6. The van der Waals surface area contributed by atoms with Gasteiger partial charge in [-0.1, -0.05) is 29.4 Å². The number of benzene rings is 1. The van der Waals surface area contributed by atoms with E-state index in [4.69, 9.17) is 16.7 Å². The van der Waals surface area contributed by atoms with Gasteiger partial charge in [0.05, 0.1) is 11.4 Å². The predicted octanol–water partition coefficient (Wildman–Crippen LogP) is 3.01. The second kappa shape index (κ2) is 5.46. The molecule has 0 saturated heterocycles. The molecule has 0 fully saturated rings. The first kappa shape index (κ1) is 13.0. The molecule has 18 heavy (non-hydrogen) atoms. The zero-order valence-electron chi connectivity index (χ0n) is 9.63. The lowest BCUT2D eigenvalue weighted by Crippen LogP contribution is -2.02. The Bertz CT molecular complexity index is 583. The Hall–Kier alpha value is -1.46. The van der Waals surface area contributed by atoms with Gasteiger partial charge in [-0.3, -0.25) is 9.36 Å². The van der Waals surface area contributed by atoms with Crippen LogP contribution in [0.4, 0.5) is 0 Å². The van der Waals surface area contributed by atoms with Crippen molar-refractivity contribution in [1.82, 2.24) is 9.55 Å². The van der Waals surface area contributed by atoms with Gasteiger partial charge in [0.1, 0.15) is 0 Å². The fourth-order valence-electron chi connectivity index (χ4n) is 1.56. The normalized spacial score (nSPS) is 10.6. The van der Waals surface area contributed by atoms with E-state index in [1.807, 2.05) is 29.7 Å². The summed E-state index contributed by atoms with van der Waals surface area (Å²) in [5.41, 5.74) is 1.85. The lowest BCUT2D eigenvalue weighted by atomic mass is 10.2. The van der Waals surface area contributed by atoms with Gasteiger partial charge in [-0.25, -0.2) is 4.98 Å². The molecule has 0 atom stereocenters. The van der Waals surface area contributed by atoms with Crippen molar-refractivity contribution in [2.24, 2.45) is 0 Å². The first-order valence-corrected chi connectivity index (χ1v) is 6.59. The van der Waals surface area contributed by atoms with Crippen LogP contribution in [-0.2, 0) is 4.79 Å². The van der Waals surface area contributed by atoms with Gasteiger partial charge in [0, 0.05) is 17.4 Å². The smallest absolute Gasteiger partial charge is 0.313 e. The van der Waals surface area contributed by atoms with Gasteiger partial charge in [-0.15, -0.1) is 0 Å². The zero-order valence-corrected chi connectivity index (χ0v) is 11.2. The Kier molecular flexibility index (Phi) is 3.93. The van der Waals surface area contributed by atoms with Gasteiger partial charge >= 0.3 is 5.97 Å². The van der Waals surface area contributed by atoms with Crippen molar-refractivity contribution in [2.45, 2.75) is 12.1 Å². The van der Waals surface area contributed by atoms with Crippen LogP contribution in [0.15, 0.2) is 35.7 Å². The number of nitrogens with zero attached hydrogens (tertiary/aromatic N) is 2. The highest BCUT2D eigenvalue weighted by atomic mass is 35.5. The lowest BCUT2D eigenvalue weighted by Gasteiger charge is -2.10. The van der Waals surface area contributed by atoms with Gasteiger partial charge < -0.3 is 5.11 Å². The number of aliphatic carboxylic acids is 1. The van der Waals surface area contributed by atoms with E-state index < -0.39 is 5.97 Å². The van der Waals surface area contributed by atoms with Crippen molar-refractivity contribution >= 4 is 29.3 Å². The molecule has 0 aliphatic rings.